The third-order valence-corrected chi connectivity index (χ3v) is 3.29. The van der Waals surface area contributed by atoms with Gasteiger partial charge in [-0.25, -0.2) is 4.98 Å². The smallest absolute Gasteiger partial charge is 0.242 e. The Labute approximate surface area is 114 Å². The highest BCUT2D eigenvalue weighted by molar-refractivity contribution is 6.34. The fraction of sp³-hybridized carbons (Fsp3) is 0.364. The first-order valence-corrected chi connectivity index (χ1v) is 6.04. The lowest BCUT2D eigenvalue weighted by Gasteiger charge is -2.31. The molecule has 0 N–H and O–H groups in total. The maximum atomic E-state index is 11.8. The molecule has 1 fully saturated rings. The molecular weight excluding hydrogens is 277 g/mol. The first kappa shape index (κ1) is 13.1. The molecule has 18 heavy (non-hydrogen) atoms. The van der Waals surface area contributed by atoms with Gasteiger partial charge < -0.3 is 9.80 Å². The molecule has 0 bridgehead atoms. The molecule has 0 radical (unpaired) electrons. The van der Waals surface area contributed by atoms with Crippen LogP contribution in [0.2, 0.25) is 10.2 Å². The zero-order valence-corrected chi connectivity index (χ0v) is 11.2. The van der Waals surface area contributed by atoms with E-state index in [0.29, 0.717) is 15.7 Å². The highest BCUT2D eigenvalue weighted by Crippen LogP contribution is 2.20. The molecule has 0 unspecified atom stereocenters. The van der Waals surface area contributed by atoms with E-state index in [2.05, 4.69) is 4.98 Å². The maximum Gasteiger partial charge on any atom is 0.242 e. The lowest BCUT2D eigenvalue weighted by molar-refractivity contribution is -0.149. The van der Waals surface area contributed by atoms with Crippen molar-refractivity contribution < 1.29 is 9.59 Å². The summed E-state index contributed by atoms with van der Waals surface area (Å²) in [7, 11) is 1.61. The Bertz CT molecular complexity index is 507. The summed E-state index contributed by atoms with van der Waals surface area (Å²) < 4.78 is 0. The van der Waals surface area contributed by atoms with Gasteiger partial charge in [-0.05, 0) is 6.07 Å². The molecule has 2 heterocycles. The number of amides is 2. The van der Waals surface area contributed by atoms with E-state index in [1.165, 1.54) is 22.1 Å². The van der Waals surface area contributed by atoms with Crippen LogP contribution >= 0.6 is 23.2 Å². The van der Waals surface area contributed by atoms with Gasteiger partial charge in [-0.1, -0.05) is 23.2 Å². The Morgan fingerprint density at radius 2 is 2.00 bits per heavy atom. The number of carbonyl (C=O) groups excluding carboxylic acids is 2. The Kier molecular flexibility index (Phi) is 3.73. The largest absolute Gasteiger partial charge is 0.335 e. The second-order valence-electron chi connectivity index (χ2n) is 4.10. The summed E-state index contributed by atoms with van der Waals surface area (Å²) in [5.74, 6) is -0.198. The fourth-order valence-electron chi connectivity index (χ4n) is 1.67. The number of rotatable bonds is 2. The van der Waals surface area contributed by atoms with Crippen LogP contribution in [0, 0.1) is 0 Å². The number of pyridine rings is 1. The Hall–Kier alpha value is -1.33. The number of halogens is 2. The summed E-state index contributed by atoms with van der Waals surface area (Å²) in [5, 5.41) is 0.735. The maximum absolute atomic E-state index is 11.8. The molecule has 0 saturated carbocycles. The average Bonchev–Trinajstić information content (AvgIpc) is 2.29. The summed E-state index contributed by atoms with van der Waals surface area (Å²) in [6.45, 7) is 0.424. The van der Waals surface area contributed by atoms with Crippen molar-refractivity contribution in [3.63, 3.8) is 0 Å². The van der Waals surface area contributed by atoms with Crippen molar-refractivity contribution in [2.24, 2.45) is 0 Å². The third kappa shape index (κ3) is 2.73. The van der Waals surface area contributed by atoms with Gasteiger partial charge in [0.15, 0.2) is 0 Å². The van der Waals surface area contributed by atoms with E-state index in [9.17, 15) is 9.59 Å². The van der Waals surface area contributed by atoms with Crippen molar-refractivity contribution >= 4 is 35.0 Å². The highest BCUT2D eigenvalue weighted by Gasteiger charge is 2.27. The summed E-state index contributed by atoms with van der Waals surface area (Å²) in [6.07, 6.45) is 1.51. The Morgan fingerprint density at radius 3 is 2.67 bits per heavy atom. The summed E-state index contributed by atoms with van der Waals surface area (Å²) >= 11 is 11.7. The van der Waals surface area contributed by atoms with Gasteiger partial charge >= 0.3 is 0 Å². The van der Waals surface area contributed by atoms with Gasteiger partial charge in [-0.3, -0.25) is 9.59 Å². The van der Waals surface area contributed by atoms with E-state index >= 15 is 0 Å². The van der Waals surface area contributed by atoms with Gasteiger partial charge in [0.1, 0.15) is 11.7 Å². The molecule has 0 spiro atoms. The van der Waals surface area contributed by atoms with E-state index < -0.39 is 0 Å². The highest BCUT2D eigenvalue weighted by atomic mass is 35.5. The number of likely N-dealkylation sites (N-methyl/N-ethyl adjacent to an activating group) is 1. The first-order valence-electron chi connectivity index (χ1n) is 5.29. The van der Waals surface area contributed by atoms with E-state index in [1.807, 2.05) is 0 Å². The molecule has 1 aromatic rings. The van der Waals surface area contributed by atoms with E-state index in [-0.39, 0.29) is 31.4 Å². The summed E-state index contributed by atoms with van der Waals surface area (Å²) in [4.78, 5) is 30.1. The molecule has 5 nitrogen and oxygen atoms in total. The molecule has 96 valence electrons. The van der Waals surface area contributed by atoms with Crippen LogP contribution in [0.5, 0.6) is 0 Å². The SMILES string of the molecule is CN1CC(=O)N(Cc2cnc(Cl)cc2Cl)CC1=O. The minimum atomic E-state index is -0.108. The van der Waals surface area contributed by atoms with Crippen molar-refractivity contribution in [3.05, 3.63) is 28.0 Å². The molecular formula is C11H11Cl2N3O2. The molecule has 1 aliphatic heterocycles. The lowest BCUT2D eigenvalue weighted by atomic mass is 10.2. The van der Waals surface area contributed by atoms with Gasteiger partial charge in [0.05, 0.1) is 11.6 Å². The first-order chi connectivity index (χ1) is 8.47. The summed E-state index contributed by atoms with van der Waals surface area (Å²) in [6, 6.07) is 1.51. The Morgan fingerprint density at radius 1 is 1.28 bits per heavy atom. The van der Waals surface area contributed by atoms with Gasteiger partial charge in [-0.2, -0.15) is 0 Å². The number of nitrogens with zero attached hydrogens (tertiary/aromatic N) is 3. The zero-order chi connectivity index (χ0) is 13.3. The topological polar surface area (TPSA) is 53.5 Å². The number of carbonyl (C=O) groups is 2. The van der Waals surface area contributed by atoms with Crippen molar-refractivity contribution in [1.29, 1.82) is 0 Å². The molecule has 2 amide bonds. The van der Waals surface area contributed by atoms with E-state index in [4.69, 9.17) is 23.2 Å². The number of hydrogen-bond acceptors (Lipinski definition) is 3. The zero-order valence-electron chi connectivity index (χ0n) is 9.69. The van der Waals surface area contributed by atoms with Gasteiger partial charge in [-0.15, -0.1) is 0 Å². The third-order valence-electron chi connectivity index (χ3n) is 2.73. The van der Waals surface area contributed by atoms with Crippen molar-refractivity contribution in [2.75, 3.05) is 20.1 Å². The van der Waals surface area contributed by atoms with Crippen LogP contribution < -0.4 is 0 Å². The van der Waals surface area contributed by atoms with Crippen LogP contribution in [0.25, 0.3) is 0 Å². The molecule has 0 aliphatic carbocycles. The van der Waals surface area contributed by atoms with Crippen LogP contribution in [0.15, 0.2) is 12.3 Å². The second-order valence-corrected chi connectivity index (χ2v) is 4.89. The van der Waals surface area contributed by atoms with Crippen molar-refractivity contribution in [1.82, 2.24) is 14.8 Å². The molecule has 0 atom stereocenters. The predicted molar refractivity (Wildman–Crippen MR) is 67.3 cm³/mol. The average molecular weight is 288 g/mol. The number of aromatic nitrogens is 1. The fourth-order valence-corrected chi connectivity index (χ4v) is 2.09. The number of hydrogen-bond donors (Lipinski definition) is 0. The van der Waals surface area contributed by atoms with Gasteiger partial charge in [0.25, 0.3) is 0 Å². The molecule has 0 aromatic carbocycles. The molecule has 1 aromatic heterocycles. The molecule has 1 saturated heterocycles. The normalized spacial score (nSPS) is 16.4. The summed E-state index contributed by atoms with van der Waals surface area (Å²) in [5.41, 5.74) is 0.673. The minimum Gasteiger partial charge on any atom is -0.335 e. The Balaban J connectivity index is 2.13. The minimum absolute atomic E-state index is 0.0638. The quantitative estimate of drug-likeness (QED) is 0.768. The van der Waals surface area contributed by atoms with Crippen LogP contribution in [0.4, 0.5) is 0 Å². The lowest BCUT2D eigenvalue weighted by Crippen LogP contribution is -2.51. The van der Waals surface area contributed by atoms with Crippen LogP contribution in [0.3, 0.4) is 0 Å². The van der Waals surface area contributed by atoms with Gasteiger partial charge in [0, 0.05) is 25.4 Å². The van der Waals surface area contributed by atoms with Crippen LogP contribution in [-0.4, -0.2) is 46.7 Å². The standard InChI is InChI=1S/C11H11Cl2N3O2/c1-15-5-11(18)16(6-10(15)17)4-7-3-14-9(13)2-8(7)12/h2-3H,4-6H2,1H3. The molecule has 7 heteroatoms. The van der Waals surface area contributed by atoms with E-state index in [0.717, 1.165) is 0 Å². The van der Waals surface area contributed by atoms with E-state index in [1.54, 1.807) is 7.05 Å². The van der Waals surface area contributed by atoms with Gasteiger partial charge in [0.2, 0.25) is 11.8 Å². The van der Waals surface area contributed by atoms with Crippen molar-refractivity contribution in [2.45, 2.75) is 6.54 Å². The second kappa shape index (κ2) is 5.12. The monoisotopic (exact) mass is 287 g/mol. The number of piperazine rings is 1. The molecule has 2 rings (SSSR count). The van der Waals surface area contributed by atoms with Crippen LogP contribution in [0.1, 0.15) is 5.56 Å². The van der Waals surface area contributed by atoms with Crippen LogP contribution in [-0.2, 0) is 16.1 Å². The van der Waals surface area contributed by atoms with Crippen molar-refractivity contribution in [3.8, 4) is 0 Å². The molecule has 1 aliphatic rings. The predicted octanol–water partition coefficient (Wildman–Crippen LogP) is 1.19.